The number of hydrogen-bond donors (Lipinski definition) is 2. The van der Waals surface area contributed by atoms with Gasteiger partial charge in [0.2, 0.25) is 11.8 Å². The van der Waals surface area contributed by atoms with E-state index < -0.39 is 6.04 Å². The summed E-state index contributed by atoms with van der Waals surface area (Å²) in [6, 6.07) is 15.6. The highest BCUT2D eigenvalue weighted by Gasteiger charge is 2.28. The zero-order chi connectivity index (χ0) is 20.4. The number of benzene rings is 2. The van der Waals surface area contributed by atoms with Gasteiger partial charge in [-0.05, 0) is 23.3 Å². The van der Waals surface area contributed by atoms with E-state index in [0.717, 1.165) is 34.3 Å². The maximum atomic E-state index is 13.4. The minimum atomic E-state index is -0.595. The molecule has 150 valence electrons. The van der Waals surface area contributed by atoms with Gasteiger partial charge in [0.25, 0.3) is 0 Å². The van der Waals surface area contributed by atoms with Crippen LogP contribution in [0.25, 0.3) is 10.9 Å². The van der Waals surface area contributed by atoms with Gasteiger partial charge in [0.15, 0.2) is 0 Å². The molecule has 2 heterocycles. The van der Waals surface area contributed by atoms with Crippen molar-refractivity contribution in [3.63, 3.8) is 0 Å². The fourth-order valence-corrected chi connectivity index (χ4v) is 4.07. The Kier molecular flexibility index (Phi) is 5.25. The molecule has 29 heavy (non-hydrogen) atoms. The number of fused-ring (bicyclic) bond motifs is 2. The summed E-state index contributed by atoms with van der Waals surface area (Å²) >= 11 is 0. The molecule has 0 bridgehead atoms. The Balaban J connectivity index is 1.60. The molecule has 1 atom stereocenters. The second kappa shape index (κ2) is 7.99. The van der Waals surface area contributed by atoms with Crippen molar-refractivity contribution in [1.29, 1.82) is 0 Å². The van der Waals surface area contributed by atoms with Crippen LogP contribution in [0, 0.1) is 0 Å². The van der Waals surface area contributed by atoms with Crippen LogP contribution in [0.15, 0.2) is 54.7 Å². The van der Waals surface area contributed by atoms with E-state index in [-0.39, 0.29) is 11.8 Å². The van der Waals surface area contributed by atoms with E-state index in [9.17, 15) is 9.59 Å². The van der Waals surface area contributed by atoms with Crippen molar-refractivity contribution in [1.82, 2.24) is 15.2 Å². The topological polar surface area (TPSA) is 68.4 Å². The molecule has 6 heteroatoms. The SMILES string of the molecule is CC(=O)N[C@H](Cc1c[nH]c2ccccc12)C(=O)N1CCN(C)c2ccccc2C1. The first-order valence-electron chi connectivity index (χ1n) is 9.93. The predicted molar refractivity (Wildman–Crippen MR) is 115 cm³/mol. The average molecular weight is 390 g/mol. The standard InChI is InChI=1S/C23H26N4O2/c1-16(28)25-21(13-18-14-24-20-9-5-4-8-19(18)20)23(29)27-12-11-26(2)22-10-6-3-7-17(22)15-27/h3-10,14,21,24H,11-13,15H2,1-2H3,(H,25,28)/t21-/m1/s1. The van der Waals surface area contributed by atoms with Gasteiger partial charge in [-0.3, -0.25) is 9.59 Å². The van der Waals surface area contributed by atoms with Gasteiger partial charge in [0.1, 0.15) is 6.04 Å². The number of aromatic amines is 1. The number of carbonyl (C=O) groups excluding carboxylic acids is 2. The zero-order valence-corrected chi connectivity index (χ0v) is 16.8. The van der Waals surface area contributed by atoms with Crippen LogP contribution in [-0.2, 0) is 22.6 Å². The number of amides is 2. The third-order valence-corrected chi connectivity index (χ3v) is 5.56. The first-order chi connectivity index (χ1) is 14.0. The normalized spacial score (nSPS) is 15.0. The Labute approximate surface area is 170 Å². The lowest BCUT2D eigenvalue weighted by atomic mass is 10.0. The minimum absolute atomic E-state index is 0.0458. The molecule has 6 nitrogen and oxygen atoms in total. The number of hydrogen-bond acceptors (Lipinski definition) is 3. The lowest BCUT2D eigenvalue weighted by Crippen LogP contribution is -2.49. The molecule has 2 aromatic carbocycles. The second-order valence-corrected chi connectivity index (χ2v) is 7.63. The summed E-state index contributed by atoms with van der Waals surface area (Å²) in [6.45, 7) is 3.38. The van der Waals surface area contributed by atoms with Crippen LogP contribution in [0.2, 0.25) is 0 Å². The van der Waals surface area contributed by atoms with E-state index in [1.807, 2.05) is 54.5 Å². The lowest BCUT2D eigenvalue weighted by molar-refractivity contribution is -0.136. The quantitative estimate of drug-likeness (QED) is 0.720. The highest BCUT2D eigenvalue weighted by atomic mass is 16.2. The number of rotatable bonds is 4. The van der Waals surface area contributed by atoms with E-state index in [4.69, 9.17) is 0 Å². The maximum absolute atomic E-state index is 13.4. The van der Waals surface area contributed by atoms with E-state index in [1.54, 1.807) is 0 Å². The zero-order valence-electron chi connectivity index (χ0n) is 16.8. The van der Waals surface area contributed by atoms with Crippen LogP contribution in [0.3, 0.4) is 0 Å². The van der Waals surface area contributed by atoms with Crippen molar-refractivity contribution in [3.05, 3.63) is 65.9 Å². The highest BCUT2D eigenvalue weighted by molar-refractivity contribution is 5.89. The molecular weight excluding hydrogens is 364 g/mol. The monoisotopic (exact) mass is 390 g/mol. The molecule has 3 aromatic rings. The second-order valence-electron chi connectivity index (χ2n) is 7.63. The number of nitrogens with one attached hydrogen (secondary N) is 2. The fraction of sp³-hybridized carbons (Fsp3) is 0.304. The summed E-state index contributed by atoms with van der Waals surface area (Å²) in [5.74, 6) is -0.244. The van der Waals surface area contributed by atoms with Crippen molar-refractivity contribution in [2.75, 3.05) is 25.0 Å². The lowest BCUT2D eigenvalue weighted by Gasteiger charge is -2.27. The molecule has 0 unspecified atom stereocenters. The number of nitrogens with zero attached hydrogens (tertiary/aromatic N) is 2. The summed E-state index contributed by atoms with van der Waals surface area (Å²) in [4.78, 5) is 32.6. The van der Waals surface area contributed by atoms with Crippen LogP contribution >= 0.6 is 0 Å². The minimum Gasteiger partial charge on any atom is -0.373 e. The summed E-state index contributed by atoms with van der Waals surface area (Å²) in [5.41, 5.74) is 4.33. The third kappa shape index (κ3) is 3.97. The summed E-state index contributed by atoms with van der Waals surface area (Å²) in [7, 11) is 2.05. The predicted octanol–water partition coefficient (Wildman–Crippen LogP) is 2.69. The molecule has 2 N–H and O–H groups in total. The van der Waals surface area contributed by atoms with Gasteiger partial charge >= 0.3 is 0 Å². The maximum Gasteiger partial charge on any atom is 0.245 e. The van der Waals surface area contributed by atoms with E-state index >= 15 is 0 Å². The highest BCUT2D eigenvalue weighted by Crippen LogP contribution is 2.25. The Hall–Kier alpha value is -3.28. The van der Waals surface area contributed by atoms with Crippen LogP contribution in [-0.4, -0.2) is 47.9 Å². The Bertz CT molecular complexity index is 1040. The molecule has 1 aliphatic heterocycles. The van der Waals surface area contributed by atoms with Gasteiger partial charge in [0.05, 0.1) is 0 Å². The molecule has 4 rings (SSSR count). The number of aromatic nitrogens is 1. The van der Waals surface area contributed by atoms with Gasteiger partial charge in [-0.15, -0.1) is 0 Å². The van der Waals surface area contributed by atoms with E-state index in [0.29, 0.717) is 19.5 Å². The number of H-pyrrole nitrogens is 1. The van der Waals surface area contributed by atoms with Gasteiger partial charge in [0, 0.05) is 62.8 Å². The molecule has 1 aromatic heterocycles. The van der Waals surface area contributed by atoms with Gasteiger partial charge < -0.3 is 20.1 Å². The Morgan fingerprint density at radius 1 is 1.10 bits per heavy atom. The molecule has 0 radical (unpaired) electrons. The van der Waals surface area contributed by atoms with Crippen LogP contribution < -0.4 is 10.2 Å². The van der Waals surface area contributed by atoms with Gasteiger partial charge in [-0.2, -0.15) is 0 Å². The van der Waals surface area contributed by atoms with Gasteiger partial charge in [-0.25, -0.2) is 0 Å². The number of likely N-dealkylation sites (N-methyl/N-ethyl adjacent to an activating group) is 1. The van der Waals surface area contributed by atoms with Crippen molar-refractivity contribution in [2.24, 2.45) is 0 Å². The van der Waals surface area contributed by atoms with Crippen molar-refractivity contribution >= 4 is 28.4 Å². The molecule has 0 aliphatic carbocycles. The number of para-hydroxylation sites is 2. The smallest absolute Gasteiger partial charge is 0.245 e. The molecule has 0 spiro atoms. The van der Waals surface area contributed by atoms with Crippen LogP contribution in [0.1, 0.15) is 18.1 Å². The summed E-state index contributed by atoms with van der Waals surface area (Å²) in [6.07, 6.45) is 2.38. The molecular formula is C23H26N4O2. The Morgan fingerprint density at radius 3 is 2.69 bits per heavy atom. The summed E-state index contributed by atoms with van der Waals surface area (Å²) in [5, 5.41) is 3.96. The van der Waals surface area contributed by atoms with Crippen LogP contribution in [0.5, 0.6) is 0 Å². The fourth-order valence-electron chi connectivity index (χ4n) is 4.07. The number of carbonyl (C=O) groups is 2. The number of anilines is 1. The van der Waals surface area contributed by atoms with E-state index in [2.05, 4.69) is 27.3 Å². The average Bonchev–Trinajstić information content (AvgIpc) is 3.04. The van der Waals surface area contributed by atoms with Crippen molar-refractivity contribution < 1.29 is 9.59 Å². The largest absolute Gasteiger partial charge is 0.373 e. The molecule has 2 amide bonds. The summed E-state index contributed by atoms with van der Waals surface area (Å²) < 4.78 is 0. The molecule has 0 saturated carbocycles. The van der Waals surface area contributed by atoms with Crippen molar-refractivity contribution in [3.8, 4) is 0 Å². The first kappa shape index (κ1) is 19.1. The van der Waals surface area contributed by atoms with Crippen molar-refractivity contribution in [2.45, 2.75) is 25.9 Å². The first-order valence-corrected chi connectivity index (χ1v) is 9.93. The molecule has 0 fully saturated rings. The van der Waals surface area contributed by atoms with Crippen LogP contribution in [0.4, 0.5) is 5.69 Å². The molecule has 1 aliphatic rings. The Morgan fingerprint density at radius 2 is 1.86 bits per heavy atom. The molecule has 0 saturated heterocycles. The van der Waals surface area contributed by atoms with Gasteiger partial charge in [-0.1, -0.05) is 36.4 Å². The third-order valence-electron chi connectivity index (χ3n) is 5.56. The van der Waals surface area contributed by atoms with E-state index in [1.165, 1.54) is 6.92 Å².